The van der Waals surface area contributed by atoms with Crippen LogP contribution in [0.2, 0.25) is 0 Å². The number of carboxylic acids is 1. The lowest BCUT2D eigenvalue weighted by atomic mass is 10.0. The molecular formula is C9H11N3O3. The smallest absolute Gasteiger partial charge is 0.326 e. The molecular weight excluding hydrogens is 198 g/mol. The standard InChI is InChI=1S/C9H11N3O3/c1-11-5-10-4-7(11)8(13)12-3-2-6(12)9(14)15/h4-6H,2-3H2,1H3,(H,14,15). The van der Waals surface area contributed by atoms with Gasteiger partial charge in [-0.3, -0.25) is 4.79 Å². The molecule has 1 amide bonds. The van der Waals surface area contributed by atoms with E-state index in [0.29, 0.717) is 18.7 Å². The van der Waals surface area contributed by atoms with Gasteiger partial charge in [0.05, 0.1) is 12.5 Å². The van der Waals surface area contributed by atoms with Crippen molar-refractivity contribution in [3.63, 3.8) is 0 Å². The quantitative estimate of drug-likeness (QED) is 0.726. The van der Waals surface area contributed by atoms with E-state index in [0.717, 1.165) is 0 Å². The lowest BCUT2D eigenvalue weighted by Crippen LogP contribution is -2.55. The molecule has 0 aromatic carbocycles. The first-order valence-corrected chi connectivity index (χ1v) is 4.61. The molecule has 2 rings (SSSR count). The van der Waals surface area contributed by atoms with Gasteiger partial charge in [0.15, 0.2) is 0 Å². The van der Waals surface area contributed by atoms with E-state index in [9.17, 15) is 9.59 Å². The molecule has 1 atom stereocenters. The van der Waals surface area contributed by atoms with Crippen LogP contribution in [0.3, 0.4) is 0 Å². The first kappa shape index (κ1) is 9.70. The number of aromatic nitrogens is 2. The van der Waals surface area contributed by atoms with Crippen LogP contribution in [0.5, 0.6) is 0 Å². The van der Waals surface area contributed by atoms with Crippen molar-refractivity contribution in [3.05, 3.63) is 18.2 Å². The third kappa shape index (κ3) is 1.47. The Hall–Kier alpha value is -1.85. The average molecular weight is 209 g/mol. The fourth-order valence-electron chi connectivity index (χ4n) is 1.60. The molecule has 0 radical (unpaired) electrons. The van der Waals surface area contributed by atoms with Gasteiger partial charge in [0.25, 0.3) is 5.91 Å². The summed E-state index contributed by atoms with van der Waals surface area (Å²) in [6.07, 6.45) is 3.49. The molecule has 1 aromatic rings. The second-order valence-corrected chi connectivity index (χ2v) is 3.53. The maximum absolute atomic E-state index is 11.8. The van der Waals surface area contributed by atoms with Crippen molar-refractivity contribution in [2.24, 2.45) is 7.05 Å². The van der Waals surface area contributed by atoms with E-state index >= 15 is 0 Å². The molecule has 2 heterocycles. The minimum atomic E-state index is -0.947. The molecule has 1 N–H and O–H groups in total. The summed E-state index contributed by atoms with van der Waals surface area (Å²) >= 11 is 0. The third-order valence-electron chi connectivity index (χ3n) is 2.60. The van der Waals surface area contributed by atoms with Crippen molar-refractivity contribution in [2.75, 3.05) is 6.54 Å². The van der Waals surface area contributed by atoms with E-state index in [-0.39, 0.29) is 5.91 Å². The number of hydrogen-bond donors (Lipinski definition) is 1. The number of nitrogens with zero attached hydrogens (tertiary/aromatic N) is 3. The molecule has 1 aliphatic rings. The molecule has 1 saturated heterocycles. The summed E-state index contributed by atoms with van der Waals surface area (Å²) in [5.74, 6) is -1.22. The Bertz CT molecular complexity index is 412. The van der Waals surface area contributed by atoms with Gasteiger partial charge >= 0.3 is 5.97 Å². The second-order valence-electron chi connectivity index (χ2n) is 3.53. The zero-order valence-corrected chi connectivity index (χ0v) is 8.25. The molecule has 1 aliphatic heterocycles. The zero-order chi connectivity index (χ0) is 11.0. The van der Waals surface area contributed by atoms with Crippen molar-refractivity contribution in [3.8, 4) is 0 Å². The van der Waals surface area contributed by atoms with Gasteiger partial charge in [-0.05, 0) is 6.42 Å². The maximum Gasteiger partial charge on any atom is 0.326 e. The first-order valence-electron chi connectivity index (χ1n) is 4.61. The number of carboxylic acid groups (broad SMARTS) is 1. The SMILES string of the molecule is Cn1cncc1C(=O)N1CCC1C(=O)O. The summed E-state index contributed by atoms with van der Waals surface area (Å²) in [4.78, 5) is 27.7. The molecule has 1 fully saturated rings. The molecule has 6 nitrogen and oxygen atoms in total. The highest BCUT2D eigenvalue weighted by Crippen LogP contribution is 2.20. The van der Waals surface area contributed by atoms with Crippen LogP contribution >= 0.6 is 0 Å². The van der Waals surface area contributed by atoms with Gasteiger partial charge in [-0.15, -0.1) is 0 Å². The van der Waals surface area contributed by atoms with Gasteiger partial charge in [-0.2, -0.15) is 0 Å². The largest absolute Gasteiger partial charge is 0.480 e. The van der Waals surface area contributed by atoms with Crippen LogP contribution in [0.15, 0.2) is 12.5 Å². The number of carbonyl (C=O) groups is 2. The number of amides is 1. The molecule has 0 spiro atoms. The van der Waals surface area contributed by atoms with Crippen LogP contribution < -0.4 is 0 Å². The number of imidazole rings is 1. The number of aryl methyl sites for hydroxylation is 1. The van der Waals surface area contributed by atoms with Crippen molar-refractivity contribution in [1.82, 2.24) is 14.5 Å². The van der Waals surface area contributed by atoms with E-state index < -0.39 is 12.0 Å². The topological polar surface area (TPSA) is 75.4 Å². The Morgan fingerprint density at radius 1 is 1.60 bits per heavy atom. The number of carbonyl (C=O) groups excluding carboxylic acids is 1. The lowest BCUT2D eigenvalue weighted by molar-refractivity contribution is -0.146. The Kier molecular flexibility index (Phi) is 2.18. The van der Waals surface area contributed by atoms with E-state index in [1.165, 1.54) is 17.4 Å². The Morgan fingerprint density at radius 3 is 2.73 bits per heavy atom. The maximum atomic E-state index is 11.8. The van der Waals surface area contributed by atoms with Crippen molar-refractivity contribution in [2.45, 2.75) is 12.5 Å². The van der Waals surface area contributed by atoms with Crippen molar-refractivity contribution < 1.29 is 14.7 Å². The van der Waals surface area contributed by atoms with E-state index in [1.807, 2.05) is 0 Å². The van der Waals surface area contributed by atoms with Gasteiger partial charge < -0.3 is 14.6 Å². The monoisotopic (exact) mass is 209 g/mol. The third-order valence-corrected chi connectivity index (χ3v) is 2.60. The minimum absolute atomic E-state index is 0.270. The predicted molar refractivity (Wildman–Crippen MR) is 50.3 cm³/mol. The summed E-state index contributed by atoms with van der Waals surface area (Å²) in [5.41, 5.74) is 0.418. The number of rotatable bonds is 2. The van der Waals surface area contributed by atoms with E-state index in [2.05, 4.69) is 4.98 Å². The summed E-state index contributed by atoms with van der Waals surface area (Å²) in [7, 11) is 1.70. The Labute approximate surface area is 86.1 Å². The highest BCUT2D eigenvalue weighted by molar-refractivity contribution is 5.96. The minimum Gasteiger partial charge on any atom is -0.480 e. The Morgan fingerprint density at radius 2 is 2.33 bits per heavy atom. The molecule has 80 valence electrons. The molecule has 1 unspecified atom stereocenters. The fourth-order valence-corrected chi connectivity index (χ4v) is 1.60. The normalized spacial score (nSPS) is 19.8. The first-order chi connectivity index (χ1) is 7.11. The van der Waals surface area contributed by atoms with Crippen LogP contribution in [-0.4, -0.2) is 44.0 Å². The molecule has 0 bridgehead atoms. The summed E-state index contributed by atoms with van der Waals surface area (Å²) in [6.45, 7) is 0.501. The summed E-state index contributed by atoms with van der Waals surface area (Å²) in [5, 5.41) is 8.80. The molecule has 6 heteroatoms. The van der Waals surface area contributed by atoms with Gasteiger partial charge in [0, 0.05) is 13.6 Å². The predicted octanol–water partition coefficient (Wildman–Crippen LogP) is -0.281. The van der Waals surface area contributed by atoms with Crippen LogP contribution in [0, 0.1) is 0 Å². The average Bonchev–Trinajstić information content (AvgIpc) is 2.47. The number of likely N-dealkylation sites (tertiary alicyclic amines) is 1. The van der Waals surface area contributed by atoms with Crippen LogP contribution in [-0.2, 0) is 11.8 Å². The highest BCUT2D eigenvalue weighted by atomic mass is 16.4. The van der Waals surface area contributed by atoms with E-state index in [4.69, 9.17) is 5.11 Å². The lowest BCUT2D eigenvalue weighted by Gasteiger charge is -2.37. The van der Waals surface area contributed by atoms with Crippen molar-refractivity contribution >= 4 is 11.9 Å². The summed E-state index contributed by atoms with van der Waals surface area (Å²) in [6, 6.07) is -0.674. The molecule has 0 saturated carbocycles. The summed E-state index contributed by atoms with van der Waals surface area (Å²) < 4.78 is 1.58. The Balaban J connectivity index is 2.16. The molecule has 0 aliphatic carbocycles. The molecule has 15 heavy (non-hydrogen) atoms. The highest BCUT2D eigenvalue weighted by Gasteiger charge is 2.38. The molecule has 1 aromatic heterocycles. The van der Waals surface area contributed by atoms with Gasteiger partial charge in [-0.25, -0.2) is 9.78 Å². The van der Waals surface area contributed by atoms with Crippen LogP contribution in [0.4, 0.5) is 0 Å². The number of hydrogen-bond acceptors (Lipinski definition) is 3. The van der Waals surface area contributed by atoms with Crippen LogP contribution in [0.1, 0.15) is 16.9 Å². The number of aliphatic carboxylic acids is 1. The van der Waals surface area contributed by atoms with Crippen LogP contribution in [0.25, 0.3) is 0 Å². The fraction of sp³-hybridized carbons (Fsp3) is 0.444. The van der Waals surface area contributed by atoms with E-state index in [1.54, 1.807) is 11.6 Å². The van der Waals surface area contributed by atoms with Gasteiger partial charge in [0.2, 0.25) is 0 Å². The zero-order valence-electron chi connectivity index (χ0n) is 8.25. The second kappa shape index (κ2) is 3.38. The van der Waals surface area contributed by atoms with Crippen molar-refractivity contribution in [1.29, 1.82) is 0 Å². The van der Waals surface area contributed by atoms with Gasteiger partial charge in [-0.1, -0.05) is 0 Å². The van der Waals surface area contributed by atoms with Gasteiger partial charge in [0.1, 0.15) is 11.7 Å².